The van der Waals surface area contributed by atoms with Gasteiger partial charge in [0.25, 0.3) is 0 Å². The topological polar surface area (TPSA) is 54.9 Å². The van der Waals surface area contributed by atoms with Crippen molar-refractivity contribution in [2.24, 2.45) is 0 Å². The number of aryl methyl sites for hydroxylation is 1. The minimum Gasteiger partial charge on any atom is -0.325 e. The van der Waals surface area contributed by atoms with Crippen LogP contribution in [0.1, 0.15) is 5.56 Å². The fourth-order valence-electron chi connectivity index (χ4n) is 2.03. The molecule has 0 spiro atoms. The molecule has 3 rings (SSSR count). The van der Waals surface area contributed by atoms with Crippen LogP contribution in [-0.4, -0.2) is 21.0 Å². The van der Waals surface area contributed by atoms with Gasteiger partial charge in [0, 0.05) is 11.3 Å². The van der Waals surface area contributed by atoms with E-state index in [-0.39, 0.29) is 17.5 Å². The molecule has 0 fully saturated rings. The number of thioether (sulfide) groups is 1. The van der Waals surface area contributed by atoms with Crippen LogP contribution in [0.2, 0.25) is 0 Å². The molecule has 0 saturated heterocycles. The van der Waals surface area contributed by atoms with Gasteiger partial charge in [-0.15, -0.1) is 0 Å². The first-order chi connectivity index (χ1) is 11.6. The molecule has 0 saturated carbocycles. The quantitative estimate of drug-likeness (QED) is 0.687. The molecule has 0 atom stereocenters. The average Bonchev–Trinajstić information content (AvgIpc) is 3.04. The van der Waals surface area contributed by atoms with E-state index in [1.165, 1.54) is 47.6 Å². The minimum absolute atomic E-state index is 0.168. The molecule has 1 aromatic heterocycles. The molecule has 1 heterocycles. The highest BCUT2D eigenvalue weighted by Gasteiger charge is 2.10. The summed E-state index contributed by atoms with van der Waals surface area (Å²) in [7, 11) is 0. The number of nitrogens with zero attached hydrogens (tertiary/aromatic N) is 2. The second kappa shape index (κ2) is 7.55. The van der Waals surface area contributed by atoms with Crippen molar-refractivity contribution in [1.82, 2.24) is 9.36 Å². The SMILES string of the molecule is Cc1cccc(-c2nsc(SCC(=O)Nc3ccc(F)cc3)n2)c1. The lowest BCUT2D eigenvalue weighted by molar-refractivity contribution is -0.113. The predicted molar refractivity (Wildman–Crippen MR) is 95.8 cm³/mol. The van der Waals surface area contributed by atoms with Crippen LogP contribution in [0, 0.1) is 12.7 Å². The Balaban J connectivity index is 1.57. The van der Waals surface area contributed by atoms with Gasteiger partial charge in [-0.1, -0.05) is 35.5 Å². The summed E-state index contributed by atoms with van der Waals surface area (Å²) in [5.41, 5.74) is 2.68. The third-order valence-electron chi connectivity index (χ3n) is 3.14. The zero-order valence-corrected chi connectivity index (χ0v) is 14.5. The smallest absolute Gasteiger partial charge is 0.234 e. The number of rotatable bonds is 5. The van der Waals surface area contributed by atoms with Crippen molar-refractivity contribution in [3.63, 3.8) is 0 Å². The number of hydrogen-bond acceptors (Lipinski definition) is 5. The van der Waals surface area contributed by atoms with Crippen LogP contribution in [0.4, 0.5) is 10.1 Å². The van der Waals surface area contributed by atoms with Crippen LogP contribution in [0.3, 0.4) is 0 Å². The van der Waals surface area contributed by atoms with Crippen molar-refractivity contribution in [1.29, 1.82) is 0 Å². The third kappa shape index (κ3) is 4.39. The zero-order valence-electron chi connectivity index (χ0n) is 12.8. The van der Waals surface area contributed by atoms with Crippen molar-refractivity contribution in [2.45, 2.75) is 11.3 Å². The van der Waals surface area contributed by atoms with Crippen LogP contribution in [0.5, 0.6) is 0 Å². The number of amides is 1. The molecule has 0 unspecified atom stereocenters. The van der Waals surface area contributed by atoms with E-state index < -0.39 is 0 Å². The summed E-state index contributed by atoms with van der Waals surface area (Å²) in [6.45, 7) is 2.02. The molecule has 1 N–H and O–H groups in total. The number of hydrogen-bond donors (Lipinski definition) is 1. The van der Waals surface area contributed by atoms with E-state index in [1.54, 1.807) is 0 Å². The largest absolute Gasteiger partial charge is 0.325 e. The number of carbonyl (C=O) groups excluding carboxylic acids is 1. The monoisotopic (exact) mass is 359 g/mol. The van der Waals surface area contributed by atoms with Gasteiger partial charge in [-0.2, -0.15) is 4.37 Å². The van der Waals surface area contributed by atoms with Gasteiger partial charge in [0.1, 0.15) is 5.82 Å². The third-order valence-corrected chi connectivity index (χ3v) is 4.97. The minimum atomic E-state index is -0.333. The van der Waals surface area contributed by atoms with Crippen LogP contribution < -0.4 is 5.32 Å². The van der Waals surface area contributed by atoms with Crippen LogP contribution in [0.25, 0.3) is 11.4 Å². The Morgan fingerprint density at radius 1 is 1.25 bits per heavy atom. The molecular weight excluding hydrogens is 345 g/mol. The Morgan fingerprint density at radius 2 is 2.04 bits per heavy atom. The van der Waals surface area contributed by atoms with Gasteiger partial charge in [-0.25, -0.2) is 9.37 Å². The second-order valence-electron chi connectivity index (χ2n) is 5.10. The number of halogens is 1. The maximum absolute atomic E-state index is 12.8. The molecular formula is C17H14FN3OS2. The van der Waals surface area contributed by atoms with Crippen molar-refractivity contribution in [3.05, 3.63) is 59.9 Å². The van der Waals surface area contributed by atoms with Gasteiger partial charge in [0.15, 0.2) is 10.2 Å². The molecule has 1 amide bonds. The molecule has 7 heteroatoms. The molecule has 24 heavy (non-hydrogen) atoms. The molecule has 3 aromatic rings. The van der Waals surface area contributed by atoms with Gasteiger partial charge in [0.2, 0.25) is 5.91 Å². The summed E-state index contributed by atoms with van der Waals surface area (Å²) in [6.07, 6.45) is 0. The molecule has 122 valence electrons. The lowest BCUT2D eigenvalue weighted by atomic mass is 10.1. The normalized spacial score (nSPS) is 10.6. The van der Waals surface area contributed by atoms with E-state index in [0.29, 0.717) is 11.5 Å². The highest BCUT2D eigenvalue weighted by Crippen LogP contribution is 2.25. The summed E-state index contributed by atoms with van der Waals surface area (Å²) in [5, 5.41) is 2.72. The van der Waals surface area contributed by atoms with Crippen molar-refractivity contribution in [3.8, 4) is 11.4 Å². The molecule has 0 aliphatic heterocycles. The molecule has 0 radical (unpaired) electrons. The fourth-order valence-corrected chi connectivity index (χ4v) is 3.44. The number of nitrogens with one attached hydrogen (secondary N) is 1. The average molecular weight is 359 g/mol. The number of anilines is 1. The van der Waals surface area contributed by atoms with E-state index in [9.17, 15) is 9.18 Å². The first-order valence-corrected chi connectivity index (χ1v) is 8.95. The molecule has 0 bridgehead atoms. The van der Waals surface area contributed by atoms with Gasteiger partial charge < -0.3 is 5.32 Å². The van der Waals surface area contributed by atoms with Crippen molar-refractivity contribution >= 4 is 34.9 Å². The maximum atomic E-state index is 12.8. The summed E-state index contributed by atoms with van der Waals surface area (Å²) in [5.74, 6) is 0.392. The molecule has 2 aromatic carbocycles. The summed E-state index contributed by atoms with van der Waals surface area (Å²) in [4.78, 5) is 16.4. The van der Waals surface area contributed by atoms with Crippen LogP contribution >= 0.6 is 23.3 Å². The second-order valence-corrected chi connectivity index (χ2v) is 7.07. The van der Waals surface area contributed by atoms with Crippen molar-refractivity contribution < 1.29 is 9.18 Å². The van der Waals surface area contributed by atoms with E-state index in [1.807, 2.05) is 31.2 Å². The Hall–Kier alpha value is -2.25. The van der Waals surface area contributed by atoms with Gasteiger partial charge in [-0.05, 0) is 48.8 Å². The van der Waals surface area contributed by atoms with E-state index >= 15 is 0 Å². The molecule has 4 nitrogen and oxygen atoms in total. The van der Waals surface area contributed by atoms with E-state index in [4.69, 9.17) is 0 Å². The Bertz CT molecular complexity index is 849. The lowest BCUT2D eigenvalue weighted by Crippen LogP contribution is -2.13. The van der Waals surface area contributed by atoms with Crippen molar-refractivity contribution in [2.75, 3.05) is 11.1 Å². The first kappa shape index (κ1) is 16.6. The van der Waals surface area contributed by atoms with Gasteiger partial charge >= 0.3 is 0 Å². The summed E-state index contributed by atoms with van der Waals surface area (Å²) < 4.78 is 17.9. The Morgan fingerprint density at radius 3 is 2.79 bits per heavy atom. The highest BCUT2D eigenvalue weighted by atomic mass is 32.2. The van der Waals surface area contributed by atoms with E-state index in [2.05, 4.69) is 14.7 Å². The Kier molecular flexibility index (Phi) is 5.22. The standard InChI is InChI=1S/C17H14FN3OS2/c1-11-3-2-4-12(9-11)16-20-17(24-21-16)23-10-15(22)19-14-7-5-13(18)6-8-14/h2-9H,10H2,1H3,(H,19,22). The number of carbonyl (C=O) groups is 1. The molecule has 0 aliphatic rings. The van der Waals surface area contributed by atoms with Gasteiger partial charge in [0.05, 0.1) is 5.75 Å². The zero-order chi connectivity index (χ0) is 16.9. The summed E-state index contributed by atoms with van der Waals surface area (Å²) in [6, 6.07) is 13.6. The maximum Gasteiger partial charge on any atom is 0.234 e. The van der Waals surface area contributed by atoms with Crippen LogP contribution in [0.15, 0.2) is 52.9 Å². The molecule has 0 aliphatic carbocycles. The summed E-state index contributed by atoms with van der Waals surface area (Å²) >= 11 is 2.60. The Labute approximate surface area is 147 Å². The number of aromatic nitrogens is 2. The fraction of sp³-hybridized carbons (Fsp3) is 0.118. The predicted octanol–water partition coefficient (Wildman–Crippen LogP) is 4.38. The van der Waals surface area contributed by atoms with Gasteiger partial charge in [-0.3, -0.25) is 4.79 Å². The lowest BCUT2D eigenvalue weighted by Gasteiger charge is -2.03. The highest BCUT2D eigenvalue weighted by molar-refractivity contribution is 8.01. The first-order valence-electron chi connectivity index (χ1n) is 7.19. The van der Waals surface area contributed by atoms with E-state index in [0.717, 1.165) is 15.5 Å². The van der Waals surface area contributed by atoms with Crippen LogP contribution in [-0.2, 0) is 4.79 Å². The number of benzene rings is 2.